The van der Waals surface area contributed by atoms with Crippen molar-refractivity contribution in [2.45, 2.75) is 6.61 Å². The fraction of sp³-hybridized carbons (Fsp3) is 0.133. The number of hydrogen-bond donors (Lipinski definition) is 1. The summed E-state index contributed by atoms with van der Waals surface area (Å²) in [5.74, 6) is 0.285. The summed E-state index contributed by atoms with van der Waals surface area (Å²) in [7, 11) is 1.33. The summed E-state index contributed by atoms with van der Waals surface area (Å²) >= 11 is 2.23. The van der Waals surface area contributed by atoms with Crippen LogP contribution in [0.4, 0.5) is 5.69 Å². The lowest BCUT2D eigenvalue weighted by atomic mass is 10.1. The predicted molar refractivity (Wildman–Crippen MR) is 85.7 cm³/mol. The zero-order chi connectivity index (χ0) is 14.5. The van der Waals surface area contributed by atoms with Gasteiger partial charge in [-0.05, 0) is 52.9 Å². The molecule has 0 fully saturated rings. The summed E-state index contributed by atoms with van der Waals surface area (Å²) in [4.78, 5) is 11.8. The molecule has 0 spiro atoms. The summed E-state index contributed by atoms with van der Waals surface area (Å²) in [6, 6.07) is 12.9. The maximum Gasteiger partial charge on any atom is 0.340 e. The van der Waals surface area contributed by atoms with E-state index in [1.165, 1.54) is 7.11 Å². The molecule has 0 saturated carbocycles. The maximum absolute atomic E-state index is 11.8. The number of halogens is 1. The Morgan fingerprint density at radius 3 is 2.55 bits per heavy atom. The van der Waals surface area contributed by atoms with Crippen LogP contribution in [0.25, 0.3) is 0 Å². The second-order valence-corrected chi connectivity index (χ2v) is 5.36. The number of benzene rings is 2. The molecule has 0 radical (unpaired) electrons. The first-order valence-corrected chi connectivity index (χ1v) is 7.03. The van der Waals surface area contributed by atoms with Gasteiger partial charge in [0.25, 0.3) is 0 Å². The molecule has 20 heavy (non-hydrogen) atoms. The van der Waals surface area contributed by atoms with E-state index in [1.54, 1.807) is 18.2 Å². The van der Waals surface area contributed by atoms with Crippen LogP contribution in [0, 0.1) is 3.57 Å². The molecule has 5 heteroatoms. The monoisotopic (exact) mass is 383 g/mol. The Balaban J connectivity index is 2.19. The number of methoxy groups -OCH3 is 1. The van der Waals surface area contributed by atoms with Gasteiger partial charge in [0.1, 0.15) is 12.4 Å². The average molecular weight is 383 g/mol. The van der Waals surface area contributed by atoms with E-state index in [4.69, 9.17) is 15.2 Å². The van der Waals surface area contributed by atoms with Crippen molar-refractivity contribution < 1.29 is 14.3 Å². The standard InChI is InChI=1S/C15H14INO3/c1-19-15(18)14-10(3-2-4-13(14)17)9-20-12-7-5-11(16)6-8-12/h2-8H,9,17H2,1H3. The molecule has 0 aliphatic heterocycles. The van der Waals surface area contributed by atoms with Crippen molar-refractivity contribution in [1.82, 2.24) is 0 Å². The minimum Gasteiger partial charge on any atom is -0.489 e. The Kier molecular flexibility index (Phi) is 4.84. The van der Waals surface area contributed by atoms with Crippen LogP contribution in [0.5, 0.6) is 5.75 Å². The fourth-order valence-electron chi connectivity index (χ4n) is 1.78. The van der Waals surface area contributed by atoms with E-state index in [9.17, 15) is 4.79 Å². The third kappa shape index (κ3) is 3.41. The molecule has 2 aromatic rings. The Morgan fingerprint density at radius 2 is 1.90 bits per heavy atom. The molecule has 0 unspecified atom stereocenters. The zero-order valence-corrected chi connectivity index (χ0v) is 13.1. The quantitative estimate of drug-likeness (QED) is 0.500. The molecule has 2 rings (SSSR count). The zero-order valence-electron chi connectivity index (χ0n) is 10.9. The number of ether oxygens (including phenoxy) is 2. The molecule has 0 saturated heterocycles. The third-order valence-corrected chi connectivity index (χ3v) is 3.50. The van der Waals surface area contributed by atoms with Crippen LogP contribution < -0.4 is 10.5 Å². The molecule has 104 valence electrons. The molecule has 4 nitrogen and oxygen atoms in total. The van der Waals surface area contributed by atoms with Gasteiger partial charge >= 0.3 is 5.97 Å². The Bertz CT molecular complexity index is 611. The highest BCUT2D eigenvalue weighted by Crippen LogP contribution is 2.21. The van der Waals surface area contributed by atoms with E-state index in [2.05, 4.69) is 22.6 Å². The van der Waals surface area contributed by atoms with Crippen molar-refractivity contribution >= 4 is 34.2 Å². The third-order valence-electron chi connectivity index (χ3n) is 2.78. The number of esters is 1. The first-order chi connectivity index (χ1) is 9.61. The summed E-state index contributed by atoms with van der Waals surface area (Å²) in [5.41, 5.74) is 7.28. The SMILES string of the molecule is COC(=O)c1c(N)cccc1COc1ccc(I)cc1. The van der Waals surface area contributed by atoms with Crippen molar-refractivity contribution in [2.75, 3.05) is 12.8 Å². The highest BCUT2D eigenvalue weighted by Gasteiger charge is 2.15. The van der Waals surface area contributed by atoms with E-state index in [1.807, 2.05) is 24.3 Å². The van der Waals surface area contributed by atoms with Gasteiger partial charge in [-0.2, -0.15) is 0 Å². The Morgan fingerprint density at radius 1 is 1.20 bits per heavy atom. The van der Waals surface area contributed by atoms with Crippen molar-refractivity contribution in [2.24, 2.45) is 0 Å². The number of anilines is 1. The second kappa shape index (κ2) is 6.60. The summed E-state index contributed by atoms with van der Waals surface area (Å²) in [6.07, 6.45) is 0. The van der Waals surface area contributed by atoms with Gasteiger partial charge in [-0.25, -0.2) is 4.79 Å². The maximum atomic E-state index is 11.8. The first-order valence-electron chi connectivity index (χ1n) is 5.96. The molecule has 2 aromatic carbocycles. The molecular weight excluding hydrogens is 369 g/mol. The number of nitrogens with two attached hydrogens (primary N) is 1. The fourth-order valence-corrected chi connectivity index (χ4v) is 2.14. The van der Waals surface area contributed by atoms with Crippen LogP contribution in [0.3, 0.4) is 0 Å². The molecule has 0 heterocycles. The van der Waals surface area contributed by atoms with Gasteiger partial charge in [-0.3, -0.25) is 0 Å². The molecule has 0 aliphatic carbocycles. The molecule has 0 amide bonds. The summed E-state index contributed by atoms with van der Waals surface area (Å²) in [5, 5.41) is 0. The van der Waals surface area contributed by atoms with Crippen LogP contribution >= 0.6 is 22.6 Å². The van der Waals surface area contributed by atoms with Gasteiger partial charge in [0.15, 0.2) is 0 Å². The predicted octanol–water partition coefficient (Wildman–Crippen LogP) is 3.24. The van der Waals surface area contributed by atoms with E-state index in [-0.39, 0.29) is 6.61 Å². The smallest absolute Gasteiger partial charge is 0.340 e. The molecular formula is C15H14INO3. The van der Waals surface area contributed by atoms with Crippen molar-refractivity contribution in [3.63, 3.8) is 0 Å². The van der Waals surface area contributed by atoms with E-state index < -0.39 is 5.97 Å². The van der Waals surface area contributed by atoms with Crippen molar-refractivity contribution in [3.8, 4) is 5.75 Å². The summed E-state index contributed by atoms with van der Waals surface area (Å²) < 4.78 is 11.6. The number of rotatable bonds is 4. The van der Waals surface area contributed by atoms with Crippen LogP contribution in [0.15, 0.2) is 42.5 Å². The lowest BCUT2D eigenvalue weighted by Crippen LogP contribution is -2.11. The Labute approximate surface area is 131 Å². The highest BCUT2D eigenvalue weighted by atomic mass is 127. The number of carbonyl (C=O) groups excluding carboxylic acids is 1. The lowest BCUT2D eigenvalue weighted by molar-refractivity contribution is 0.0599. The van der Waals surface area contributed by atoms with E-state index in [0.29, 0.717) is 16.8 Å². The molecule has 0 aliphatic rings. The number of nitrogen functional groups attached to an aromatic ring is 1. The number of hydrogen-bond acceptors (Lipinski definition) is 4. The van der Waals surface area contributed by atoms with Crippen LogP contribution in [0.1, 0.15) is 15.9 Å². The number of carbonyl (C=O) groups is 1. The Hall–Kier alpha value is -1.76. The van der Waals surface area contributed by atoms with E-state index >= 15 is 0 Å². The minimum atomic E-state index is -0.454. The van der Waals surface area contributed by atoms with Gasteiger partial charge in [-0.1, -0.05) is 12.1 Å². The minimum absolute atomic E-state index is 0.260. The second-order valence-electron chi connectivity index (χ2n) is 4.12. The topological polar surface area (TPSA) is 61.5 Å². The highest BCUT2D eigenvalue weighted by molar-refractivity contribution is 14.1. The molecule has 0 aromatic heterocycles. The van der Waals surface area contributed by atoms with Crippen molar-refractivity contribution in [1.29, 1.82) is 0 Å². The normalized spacial score (nSPS) is 10.1. The van der Waals surface area contributed by atoms with Gasteiger partial charge in [0.2, 0.25) is 0 Å². The summed E-state index contributed by atoms with van der Waals surface area (Å²) in [6.45, 7) is 0.260. The van der Waals surface area contributed by atoms with Crippen molar-refractivity contribution in [3.05, 3.63) is 57.2 Å². The lowest BCUT2D eigenvalue weighted by Gasteiger charge is -2.11. The van der Waals surface area contributed by atoms with Gasteiger partial charge in [0.05, 0.1) is 12.7 Å². The van der Waals surface area contributed by atoms with Gasteiger partial charge < -0.3 is 15.2 Å². The van der Waals surface area contributed by atoms with Gasteiger partial charge in [-0.15, -0.1) is 0 Å². The van der Waals surface area contributed by atoms with Crippen LogP contribution in [0.2, 0.25) is 0 Å². The molecule has 0 atom stereocenters. The largest absolute Gasteiger partial charge is 0.489 e. The first kappa shape index (κ1) is 14.6. The average Bonchev–Trinajstić information content (AvgIpc) is 2.46. The van der Waals surface area contributed by atoms with Gasteiger partial charge in [0, 0.05) is 14.8 Å². The van der Waals surface area contributed by atoms with Crippen LogP contribution in [-0.4, -0.2) is 13.1 Å². The molecule has 2 N–H and O–H groups in total. The molecule has 0 bridgehead atoms. The van der Waals surface area contributed by atoms with Crippen LogP contribution in [-0.2, 0) is 11.3 Å². The van der Waals surface area contributed by atoms with E-state index in [0.717, 1.165) is 9.32 Å².